The van der Waals surface area contributed by atoms with Gasteiger partial charge in [-0.15, -0.1) is 0 Å². The number of aromatic nitrogens is 2. The molecule has 0 aliphatic carbocycles. The summed E-state index contributed by atoms with van der Waals surface area (Å²) in [4.78, 5) is 0. The summed E-state index contributed by atoms with van der Waals surface area (Å²) in [5.74, 6) is 0. The van der Waals surface area contributed by atoms with Crippen LogP contribution in [0.25, 0.3) is 0 Å². The fourth-order valence-corrected chi connectivity index (χ4v) is 1.47. The van der Waals surface area contributed by atoms with E-state index in [0.717, 1.165) is 5.69 Å². The van der Waals surface area contributed by atoms with Gasteiger partial charge in [-0.3, -0.25) is 4.68 Å². The molecule has 0 amide bonds. The minimum absolute atomic E-state index is 0.0183. The second-order valence-corrected chi connectivity index (χ2v) is 3.63. The molecule has 1 aromatic heterocycles. The van der Waals surface area contributed by atoms with Gasteiger partial charge in [0.15, 0.2) is 0 Å². The standard InChI is InChI=1S/C10H16F3N3O/c1-2-16-9(3-5-15-16)8(14)4-6-17-7-10(11,12)13/h3,5,8H,2,4,6-7,14H2,1H3. The van der Waals surface area contributed by atoms with E-state index in [9.17, 15) is 13.2 Å². The summed E-state index contributed by atoms with van der Waals surface area (Å²) in [5, 5.41) is 4.04. The lowest BCUT2D eigenvalue weighted by Crippen LogP contribution is -2.21. The molecule has 7 heteroatoms. The van der Waals surface area contributed by atoms with Crippen LogP contribution in [0.4, 0.5) is 13.2 Å². The lowest BCUT2D eigenvalue weighted by Gasteiger charge is -2.14. The van der Waals surface area contributed by atoms with Gasteiger partial charge in [-0.25, -0.2) is 0 Å². The molecule has 0 saturated carbocycles. The van der Waals surface area contributed by atoms with Crippen LogP contribution in [0.3, 0.4) is 0 Å². The number of aryl methyl sites for hydroxylation is 1. The first kappa shape index (κ1) is 14.0. The number of hydrogen-bond donors (Lipinski definition) is 1. The number of halogens is 3. The Kier molecular flexibility index (Phi) is 4.95. The maximum Gasteiger partial charge on any atom is 0.411 e. The lowest BCUT2D eigenvalue weighted by molar-refractivity contribution is -0.174. The highest BCUT2D eigenvalue weighted by Crippen LogP contribution is 2.16. The zero-order chi connectivity index (χ0) is 12.9. The highest BCUT2D eigenvalue weighted by molar-refractivity contribution is 5.05. The van der Waals surface area contributed by atoms with E-state index in [0.29, 0.717) is 13.0 Å². The molecule has 1 aromatic rings. The first-order valence-electron chi connectivity index (χ1n) is 5.36. The van der Waals surface area contributed by atoms with E-state index in [1.165, 1.54) is 0 Å². The van der Waals surface area contributed by atoms with Crippen molar-refractivity contribution in [2.45, 2.75) is 32.1 Å². The number of hydrogen-bond acceptors (Lipinski definition) is 3. The number of nitrogens with two attached hydrogens (primary N) is 1. The quantitative estimate of drug-likeness (QED) is 0.785. The predicted molar refractivity (Wildman–Crippen MR) is 56.3 cm³/mol. The third-order valence-corrected chi connectivity index (χ3v) is 2.27. The molecule has 0 aromatic carbocycles. The van der Waals surface area contributed by atoms with Gasteiger partial charge in [-0.2, -0.15) is 18.3 Å². The van der Waals surface area contributed by atoms with Crippen molar-refractivity contribution in [2.75, 3.05) is 13.2 Å². The number of ether oxygens (including phenoxy) is 1. The third-order valence-electron chi connectivity index (χ3n) is 2.27. The largest absolute Gasteiger partial charge is 0.411 e. The molecule has 0 bridgehead atoms. The zero-order valence-electron chi connectivity index (χ0n) is 9.57. The van der Waals surface area contributed by atoms with Crippen molar-refractivity contribution in [3.05, 3.63) is 18.0 Å². The van der Waals surface area contributed by atoms with E-state index >= 15 is 0 Å². The molecular formula is C10H16F3N3O. The van der Waals surface area contributed by atoms with Gasteiger partial charge in [0.2, 0.25) is 0 Å². The summed E-state index contributed by atoms with van der Waals surface area (Å²) in [6.45, 7) is 1.35. The predicted octanol–water partition coefficient (Wildman–Crippen LogP) is 1.87. The summed E-state index contributed by atoms with van der Waals surface area (Å²) < 4.78 is 41.6. The van der Waals surface area contributed by atoms with Gasteiger partial charge in [0.1, 0.15) is 6.61 Å². The Balaban J connectivity index is 2.33. The fourth-order valence-electron chi connectivity index (χ4n) is 1.47. The van der Waals surface area contributed by atoms with Gasteiger partial charge in [-0.05, 0) is 19.4 Å². The Hall–Kier alpha value is -1.08. The van der Waals surface area contributed by atoms with Crippen LogP contribution in [0.2, 0.25) is 0 Å². The van der Waals surface area contributed by atoms with E-state index in [4.69, 9.17) is 5.73 Å². The molecule has 0 fully saturated rings. The van der Waals surface area contributed by atoms with Crippen molar-refractivity contribution < 1.29 is 17.9 Å². The molecule has 1 atom stereocenters. The summed E-state index contributed by atoms with van der Waals surface area (Å²) >= 11 is 0. The molecule has 0 aliphatic rings. The summed E-state index contributed by atoms with van der Waals surface area (Å²) in [7, 11) is 0. The maximum absolute atomic E-state index is 11.8. The molecule has 17 heavy (non-hydrogen) atoms. The monoisotopic (exact) mass is 251 g/mol. The molecule has 1 unspecified atom stereocenters. The van der Waals surface area contributed by atoms with E-state index in [1.807, 2.05) is 6.92 Å². The van der Waals surface area contributed by atoms with Crippen LogP contribution in [0.5, 0.6) is 0 Å². The molecule has 0 radical (unpaired) electrons. The smallest absolute Gasteiger partial charge is 0.372 e. The van der Waals surface area contributed by atoms with Crippen LogP contribution in [0, 0.1) is 0 Å². The van der Waals surface area contributed by atoms with Crippen molar-refractivity contribution >= 4 is 0 Å². The molecule has 4 nitrogen and oxygen atoms in total. The number of nitrogens with zero attached hydrogens (tertiary/aromatic N) is 2. The van der Waals surface area contributed by atoms with Gasteiger partial charge in [0, 0.05) is 25.4 Å². The molecule has 1 rings (SSSR count). The van der Waals surface area contributed by atoms with Crippen LogP contribution < -0.4 is 5.73 Å². The molecule has 0 aliphatic heterocycles. The van der Waals surface area contributed by atoms with Gasteiger partial charge in [0.25, 0.3) is 0 Å². The lowest BCUT2D eigenvalue weighted by atomic mass is 10.1. The molecule has 0 saturated heterocycles. The highest BCUT2D eigenvalue weighted by Gasteiger charge is 2.27. The minimum Gasteiger partial charge on any atom is -0.372 e. The Morgan fingerprint density at radius 1 is 1.53 bits per heavy atom. The summed E-state index contributed by atoms with van der Waals surface area (Å²) in [5.41, 5.74) is 6.65. The van der Waals surface area contributed by atoms with E-state index < -0.39 is 12.8 Å². The second-order valence-electron chi connectivity index (χ2n) is 3.63. The average molecular weight is 251 g/mol. The normalized spacial score (nSPS) is 13.9. The average Bonchev–Trinajstić information content (AvgIpc) is 2.70. The van der Waals surface area contributed by atoms with E-state index in [1.54, 1.807) is 16.9 Å². The Bertz CT molecular complexity index is 338. The third kappa shape index (κ3) is 4.74. The zero-order valence-corrected chi connectivity index (χ0v) is 9.57. The topological polar surface area (TPSA) is 53.1 Å². The van der Waals surface area contributed by atoms with Crippen LogP contribution in [-0.4, -0.2) is 29.2 Å². The molecular weight excluding hydrogens is 235 g/mol. The van der Waals surface area contributed by atoms with Crippen LogP contribution >= 0.6 is 0 Å². The minimum atomic E-state index is -4.28. The van der Waals surface area contributed by atoms with Gasteiger partial charge >= 0.3 is 6.18 Å². The van der Waals surface area contributed by atoms with Crippen LogP contribution in [0.1, 0.15) is 25.1 Å². The Labute approximate surface area is 97.5 Å². The van der Waals surface area contributed by atoms with E-state index in [2.05, 4.69) is 9.84 Å². The van der Waals surface area contributed by atoms with Gasteiger partial charge < -0.3 is 10.5 Å². The highest BCUT2D eigenvalue weighted by atomic mass is 19.4. The Morgan fingerprint density at radius 2 is 2.24 bits per heavy atom. The van der Waals surface area contributed by atoms with Crippen molar-refractivity contribution in [1.29, 1.82) is 0 Å². The molecule has 0 spiro atoms. The van der Waals surface area contributed by atoms with Crippen molar-refractivity contribution in [3.8, 4) is 0 Å². The Morgan fingerprint density at radius 3 is 2.82 bits per heavy atom. The van der Waals surface area contributed by atoms with E-state index in [-0.39, 0.29) is 12.6 Å². The van der Waals surface area contributed by atoms with Crippen molar-refractivity contribution in [1.82, 2.24) is 9.78 Å². The van der Waals surface area contributed by atoms with Gasteiger partial charge in [0.05, 0.1) is 5.69 Å². The first-order valence-corrected chi connectivity index (χ1v) is 5.36. The summed E-state index contributed by atoms with van der Waals surface area (Å²) in [6, 6.07) is 1.41. The van der Waals surface area contributed by atoms with Gasteiger partial charge in [-0.1, -0.05) is 0 Å². The molecule has 2 N–H and O–H groups in total. The van der Waals surface area contributed by atoms with Crippen molar-refractivity contribution in [3.63, 3.8) is 0 Å². The number of alkyl halides is 3. The SMILES string of the molecule is CCn1nccc1C(N)CCOCC(F)(F)F. The first-order chi connectivity index (χ1) is 7.94. The molecule has 98 valence electrons. The van der Waals surface area contributed by atoms with Crippen LogP contribution in [-0.2, 0) is 11.3 Å². The number of rotatable bonds is 6. The van der Waals surface area contributed by atoms with Crippen LogP contribution in [0.15, 0.2) is 12.3 Å². The maximum atomic E-state index is 11.8. The fraction of sp³-hybridized carbons (Fsp3) is 0.700. The molecule has 1 heterocycles. The van der Waals surface area contributed by atoms with Crippen molar-refractivity contribution in [2.24, 2.45) is 5.73 Å². The second kappa shape index (κ2) is 6.02. The summed E-state index contributed by atoms with van der Waals surface area (Å²) in [6.07, 6.45) is -2.33.